The molecule has 1 atom stereocenters. The minimum atomic E-state index is -3.81. The summed E-state index contributed by atoms with van der Waals surface area (Å²) in [6.07, 6.45) is 2.28. The van der Waals surface area contributed by atoms with Gasteiger partial charge in [-0.1, -0.05) is 42.8 Å². The number of benzene rings is 1. The number of anilines is 1. The fourth-order valence-corrected chi connectivity index (χ4v) is 4.93. The van der Waals surface area contributed by atoms with Gasteiger partial charge in [-0.25, -0.2) is 13.4 Å². The predicted octanol–water partition coefficient (Wildman–Crippen LogP) is 2.64. The first kappa shape index (κ1) is 20.9. The topological polar surface area (TPSA) is 88.3 Å². The third kappa shape index (κ3) is 4.13. The molecule has 0 radical (unpaired) electrons. The molecule has 2 heterocycles. The van der Waals surface area contributed by atoms with Crippen LogP contribution in [0.15, 0.2) is 41.4 Å². The molecule has 3 N–H and O–H groups in total. The number of nitrogens with two attached hydrogens (primary N) is 1. The SMILES string of the molecule is CCc1ccc(C2CNCCN2S(=O)(=O)c2cc(Cl)cnc2N)cc1.Cl. The van der Waals surface area contributed by atoms with E-state index < -0.39 is 10.0 Å². The first-order valence-electron chi connectivity index (χ1n) is 8.16. The Kier molecular flexibility index (Phi) is 6.87. The number of sulfonamides is 1. The number of halogens is 2. The third-order valence-electron chi connectivity index (χ3n) is 4.40. The molecule has 1 saturated heterocycles. The molecule has 9 heteroatoms. The molecule has 142 valence electrons. The Morgan fingerprint density at radius 2 is 2.04 bits per heavy atom. The highest BCUT2D eigenvalue weighted by Crippen LogP contribution is 2.31. The zero-order chi connectivity index (χ0) is 18.0. The summed E-state index contributed by atoms with van der Waals surface area (Å²) < 4.78 is 27.9. The van der Waals surface area contributed by atoms with Crippen molar-refractivity contribution in [1.29, 1.82) is 0 Å². The van der Waals surface area contributed by atoms with E-state index >= 15 is 0 Å². The first-order valence-corrected chi connectivity index (χ1v) is 9.97. The van der Waals surface area contributed by atoms with Crippen LogP contribution in [-0.2, 0) is 16.4 Å². The molecule has 0 aliphatic carbocycles. The summed E-state index contributed by atoms with van der Waals surface area (Å²) in [4.78, 5) is 3.84. The zero-order valence-electron chi connectivity index (χ0n) is 14.4. The van der Waals surface area contributed by atoms with Crippen LogP contribution in [0, 0.1) is 0 Å². The molecule has 6 nitrogen and oxygen atoms in total. The lowest BCUT2D eigenvalue weighted by Crippen LogP contribution is -2.48. The number of piperazine rings is 1. The summed E-state index contributed by atoms with van der Waals surface area (Å²) in [6.45, 7) is 3.56. The second-order valence-corrected chi connectivity index (χ2v) is 8.26. The molecule has 0 bridgehead atoms. The quantitative estimate of drug-likeness (QED) is 0.799. The predicted molar refractivity (Wildman–Crippen MR) is 106 cm³/mol. The van der Waals surface area contributed by atoms with Gasteiger partial charge in [-0.15, -0.1) is 12.4 Å². The average Bonchev–Trinajstić information content (AvgIpc) is 2.63. The average molecular weight is 417 g/mol. The van der Waals surface area contributed by atoms with E-state index in [4.69, 9.17) is 17.3 Å². The van der Waals surface area contributed by atoms with Gasteiger partial charge in [-0.2, -0.15) is 4.31 Å². The Morgan fingerprint density at radius 1 is 1.35 bits per heavy atom. The van der Waals surface area contributed by atoms with Crippen molar-refractivity contribution in [1.82, 2.24) is 14.6 Å². The third-order valence-corrected chi connectivity index (χ3v) is 6.55. The lowest BCUT2D eigenvalue weighted by molar-refractivity contribution is 0.271. The highest BCUT2D eigenvalue weighted by atomic mass is 35.5. The monoisotopic (exact) mass is 416 g/mol. The van der Waals surface area contributed by atoms with Gasteiger partial charge in [0.2, 0.25) is 10.0 Å². The summed E-state index contributed by atoms with van der Waals surface area (Å²) in [5, 5.41) is 3.50. The molecule has 1 unspecified atom stereocenters. The Labute approximate surface area is 165 Å². The van der Waals surface area contributed by atoms with Crippen molar-refractivity contribution in [3.63, 3.8) is 0 Å². The van der Waals surface area contributed by atoms with Crippen molar-refractivity contribution < 1.29 is 8.42 Å². The van der Waals surface area contributed by atoms with Crippen molar-refractivity contribution in [2.24, 2.45) is 0 Å². The van der Waals surface area contributed by atoms with Crippen molar-refractivity contribution in [3.05, 3.63) is 52.7 Å². The Morgan fingerprint density at radius 3 is 2.69 bits per heavy atom. The van der Waals surface area contributed by atoms with Crippen molar-refractivity contribution >= 4 is 39.8 Å². The van der Waals surface area contributed by atoms with Gasteiger partial charge in [0.1, 0.15) is 10.7 Å². The molecule has 1 aromatic heterocycles. The van der Waals surface area contributed by atoms with E-state index in [0.717, 1.165) is 12.0 Å². The molecule has 1 aliphatic heterocycles. The zero-order valence-corrected chi connectivity index (χ0v) is 16.7. The van der Waals surface area contributed by atoms with Crippen LogP contribution < -0.4 is 11.1 Å². The molecule has 0 amide bonds. The number of aryl methyl sites for hydroxylation is 1. The lowest BCUT2D eigenvalue weighted by atomic mass is 10.0. The number of aromatic nitrogens is 1. The first-order chi connectivity index (χ1) is 11.9. The van der Waals surface area contributed by atoms with E-state index in [0.29, 0.717) is 19.6 Å². The van der Waals surface area contributed by atoms with Crippen LogP contribution in [0.25, 0.3) is 0 Å². The fourth-order valence-electron chi connectivity index (χ4n) is 3.00. The summed E-state index contributed by atoms with van der Waals surface area (Å²) in [5.74, 6) is -0.0389. The molecular formula is C17H22Cl2N4O2S. The van der Waals surface area contributed by atoms with Crippen LogP contribution in [0.3, 0.4) is 0 Å². The van der Waals surface area contributed by atoms with E-state index in [1.54, 1.807) is 0 Å². The number of rotatable bonds is 4. The summed E-state index contributed by atoms with van der Waals surface area (Å²) in [7, 11) is -3.81. The smallest absolute Gasteiger partial charge is 0.247 e. The highest BCUT2D eigenvalue weighted by molar-refractivity contribution is 7.89. The van der Waals surface area contributed by atoms with Gasteiger partial charge in [0, 0.05) is 25.8 Å². The van der Waals surface area contributed by atoms with Crippen LogP contribution in [-0.4, -0.2) is 37.3 Å². The van der Waals surface area contributed by atoms with E-state index in [2.05, 4.69) is 17.2 Å². The van der Waals surface area contributed by atoms with Crippen LogP contribution >= 0.6 is 24.0 Å². The molecule has 2 aromatic rings. The summed E-state index contributed by atoms with van der Waals surface area (Å²) in [6, 6.07) is 9.09. The van der Waals surface area contributed by atoms with Gasteiger partial charge in [0.25, 0.3) is 0 Å². The molecule has 1 aliphatic rings. The van der Waals surface area contributed by atoms with Gasteiger partial charge in [-0.05, 0) is 23.6 Å². The van der Waals surface area contributed by atoms with E-state index in [1.165, 1.54) is 22.1 Å². The molecule has 3 rings (SSSR count). The van der Waals surface area contributed by atoms with Crippen molar-refractivity contribution in [2.45, 2.75) is 24.3 Å². The van der Waals surface area contributed by atoms with Crippen molar-refractivity contribution in [2.75, 3.05) is 25.4 Å². The molecule has 0 saturated carbocycles. The van der Waals surface area contributed by atoms with E-state index in [1.807, 2.05) is 24.3 Å². The Hall–Kier alpha value is -1.38. The standard InChI is InChI=1S/C17H21ClN4O2S.ClH/c1-2-12-3-5-13(6-4-12)15-11-20-7-8-22(15)25(23,24)16-9-14(18)10-21-17(16)19;/h3-6,9-10,15,20H,2,7-8,11H2,1H3,(H2,19,21);1H. The van der Waals surface area contributed by atoms with Crippen LogP contribution in [0.4, 0.5) is 5.82 Å². The van der Waals surface area contributed by atoms with Gasteiger partial charge in [-0.3, -0.25) is 0 Å². The second-order valence-electron chi connectivity index (χ2n) is 5.97. The number of hydrogen-bond acceptors (Lipinski definition) is 5. The highest BCUT2D eigenvalue weighted by Gasteiger charge is 2.35. The van der Waals surface area contributed by atoms with Crippen LogP contribution in [0.5, 0.6) is 0 Å². The van der Waals surface area contributed by atoms with Gasteiger partial charge >= 0.3 is 0 Å². The second kappa shape index (κ2) is 8.54. The lowest BCUT2D eigenvalue weighted by Gasteiger charge is -2.35. The molecule has 0 spiro atoms. The minimum absolute atomic E-state index is 0. The van der Waals surface area contributed by atoms with E-state index in [9.17, 15) is 8.42 Å². The Balaban J connectivity index is 0.00000243. The minimum Gasteiger partial charge on any atom is -0.383 e. The number of nitrogen functional groups attached to an aromatic ring is 1. The number of hydrogen-bond donors (Lipinski definition) is 2. The van der Waals surface area contributed by atoms with E-state index in [-0.39, 0.29) is 34.2 Å². The maximum absolute atomic E-state index is 13.2. The summed E-state index contributed by atoms with van der Waals surface area (Å²) >= 11 is 5.94. The van der Waals surface area contributed by atoms with Crippen molar-refractivity contribution in [3.8, 4) is 0 Å². The Bertz CT molecular complexity index is 860. The van der Waals surface area contributed by atoms with Crippen LogP contribution in [0.2, 0.25) is 5.02 Å². The molecule has 1 fully saturated rings. The maximum atomic E-state index is 13.2. The molecule has 26 heavy (non-hydrogen) atoms. The summed E-state index contributed by atoms with van der Waals surface area (Å²) in [5.41, 5.74) is 7.97. The molecule has 1 aromatic carbocycles. The maximum Gasteiger partial charge on any atom is 0.247 e. The van der Waals surface area contributed by atoms with Gasteiger partial charge in [0.15, 0.2) is 0 Å². The normalized spacial score (nSPS) is 18.3. The fraction of sp³-hybridized carbons (Fsp3) is 0.353. The van der Waals surface area contributed by atoms with Crippen LogP contribution in [0.1, 0.15) is 24.1 Å². The molecular weight excluding hydrogens is 395 g/mol. The van der Waals surface area contributed by atoms with Gasteiger partial charge < -0.3 is 11.1 Å². The van der Waals surface area contributed by atoms with Gasteiger partial charge in [0.05, 0.1) is 11.1 Å². The number of nitrogens with zero attached hydrogens (tertiary/aromatic N) is 2. The largest absolute Gasteiger partial charge is 0.383 e. The number of pyridine rings is 1. The number of nitrogens with one attached hydrogen (secondary N) is 1.